The van der Waals surface area contributed by atoms with Crippen molar-refractivity contribution in [3.8, 4) is 0 Å². The van der Waals surface area contributed by atoms with E-state index < -0.39 is 12.2 Å². The Hall–Kier alpha value is -0.780. The zero-order valence-corrected chi connectivity index (χ0v) is 30.4. The van der Waals surface area contributed by atoms with Gasteiger partial charge in [0.1, 0.15) is 12.2 Å². The summed E-state index contributed by atoms with van der Waals surface area (Å²) in [4.78, 5) is 24.5. The van der Waals surface area contributed by atoms with E-state index in [0.29, 0.717) is 12.8 Å². The molecule has 2 unspecified atom stereocenters. The van der Waals surface area contributed by atoms with Crippen molar-refractivity contribution < 1.29 is 19.8 Å². The molecule has 0 aromatic heterocycles. The lowest BCUT2D eigenvalue weighted by Gasteiger charge is -2.14. The van der Waals surface area contributed by atoms with Crippen LogP contribution in [0.15, 0.2) is 0 Å². The summed E-state index contributed by atoms with van der Waals surface area (Å²) in [7, 11) is 0. The van der Waals surface area contributed by atoms with E-state index in [1.807, 2.05) is 0 Å². The van der Waals surface area contributed by atoms with Crippen LogP contribution in [0.5, 0.6) is 0 Å². The fraction of sp³-hybridized carbons (Fsp3) is 0.950. The van der Waals surface area contributed by atoms with Crippen molar-refractivity contribution in [3.63, 3.8) is 0 Å². The molecule has 0 rings (SSSR count). The number of carbonyl (C=O) groups excluding carboxylic acids is 2. The van der Waals surface area contributed by atoms with E-state index in [-0.39, 0.29) is 24.7 Å². The molecule has 0 aliphatic rings. The molecule has 0 aliphatic carbocycles. The quantitative estimate of drug-likeness (QED) is 0.0586. The minimum absolute atomic E-state index is 0.0981. The predicted octanol–water partition coefficient (Wildman–Crippen LogP) is 11.0. The SMILES string of the molecule is CCCCCCCCCCCCCCCCCC(=O)C(O)CNCC(O)C(=O)CCCCCCCCCCCCCCCCC. The lowest BCUT2D eigenvalue weighted by Crippen LogP contribution is -2.39. The van der Waals surface area contributed by atoms with E-state index in [1.54, 1.807) is 0 Å². The minimum atomic E-state index is -1.06. The van der Waals surface area contributed by atoms with Crippen molar-refractivity contribution in [1.29, 1.82) is 0 Å². The molecule has 0 spiro atoms. The summed E-state index contributed by atoms with van der Waals surface area (Å²) in [6, 6.07) is 0. The van der Waals surface area contributed by atoms with E-state index in [2.05, 4.69) is 19.2 Å². The highest BCUT2D eigenvalue weighted by molar-refractivity contribution is 5.83. The molecular weight excluding hydrogens is 558 g/mol. The Bertz CT molecular complexity index is 573. The van der Waals surface area contributed by atoms with E-state index >= 15 is 0 Å². The lowest BCUT2D eigenvalue weighted by atomic mass is 10.0. The fourth-order valence-corrected chi connectivity index (χ4v) is 6.26. The zero-order valence-electron chi connectivity index (χ0n) is 30.4. The molecule has 0 heterocycles. The Kier molecular flexibility index (Phi) is 35.4. The van der Waals surface area contributed by atoms with E-state index in [0.717, 1.165) is 38.5 Å². The largest absolute Gasteiger partial charge is 0.384 e. The van der Waals surface area contributed by atoms with Gasteiger partial charge in [0.25, 0.3) is 0 Å². The van der Waals surface area contributed by atoms with Gasteiger partial charge in [0.05, 0.1) is 0 Å². The maximum absolute atomic E-state index is 12.2. The van der Waals surface area contributed by atoms with Crippen LogP contribution in [-0.4, -0.2) is 47.1 Å². The standard InChI is InChI=1S/C40H79NO4/c1-3-5-7-9-11-13-15-17-19-21-23-25-27-29-31-33-37(42)39(44)35-41-36-40(45)38(43)34-32-30-28-26-24-22-20-18-16-14-12-10-8-6-4-2/h39-41,44-45H,3-36H2,1-2H3. The molecule has 2 atom stereocenters. The maximum Gasteiger partial charge on any atom is 0.162 e. The average Bonchev–Trinajstić information content (AvgIpc) is 3.04. The molecule has 5 nitrogen and oxygen atoms in total. The first-order chi connectivity index (χ1) is 22.0. The Morgan fingerprint density at radius 1 is 0.378 bits per heavy atom. The first-order valence-electron chi connectivity index (χ1n) is 20.1. The van der Waals surface area contributed by atoms with Crippen molar-refractivity contribution in [2.45, 2.75) is 232 Å². The van der Waals surface area contributed by atoms with Gasteiger partial charge in [-0.05, 0) is 12.8 Å². The molecular formula is C40H79NO4. The molecule has 45 heavy (non-hydrogen) atoms. The summed E-state index contributed by atoms with van der Waals surface area (Å²) < 4.78 is 0. The topological polar surface area (TPSA) is 86.6 Å². The van der Waals surface area contributed by atoms with E-state index in [4.69, 9.17) is 0 Å². The second kappa shape index (κ2) is 36.1. The maximum atomic E-state index is 12.2. The van der Waals surface area contributed by atoms with E-state index in [9.17, 15) is 19.8 Å². The van der Waals surface area contributed by atoms with E-state index in [1.165, 1.54) is 154 Å². The van der Waals surface area contributed by atoms with Crippen molar-refractivity contribution in [2.75, 3.05) is 13.1 Å². The van der Waals surface area contributed by atoms with Gasteiger partial charge in [-0.3, -0.25) is 9.59 Å². The van der Waals surface area contributed by atoms with Crippen molar-refractivity contribution in [2.24, 2.45) is 0 Å². The van der Waals surface area contributed by atoms with Crippen molar-refractivity contribution >= 4 is 11.6 Å². The third-order valence-corrected chi connectivity index (χ3v) is 9.47. The van der Waals surface area contributed by atoms with Gasteiger partial charge in [0, 0.05) is 25.9 Å². The summed E-state index contributed by atoms with van der Waals surface area (Å²) in [5.41, 5.74) is 0. The molecule has 0 fully saturated rings. The smallest absolute Gasteiger partial charge is 0.162 e. The van der Waals surface area contributed by atoms with Crippen LogP contribution < -0.4 is 5.32 Å². The molecule has 5 heteroatoms. The third kappa shape index (κ3) is 32.9. The monoisotopic (exact) mass is 638 g/mol. The molecule has 0 saturated heterocycles. The molecule has 0 saturated carbocycles. The molecule has 0 bridgehead atoms. The van der Waals surface area contributed by atoms with Crippen LogP contribution in [-0.2, 0) is 9.59 Å². The van der Waals surface area contributed by atoms with Crippen LogP contribution in [0.25, 0.3) is 0 Å². The molecule has 268 valence electrons. The second-order valence-corrected chi connectivity index (χ2v) is 14.0. The highest BCUT2D eigenvalue weighted by Gasteiger charge is 2.17. The van der Waals surface area contributed by atoms with Crippen LogP contribution in [0, 0.1) is 0 Å². The van der Waals surface area contributed by atoms with Gasteiger partial charge in [-0.1, -0.05) is 194 Å². The third-order valence-electron chi connectivity index (χ3n) is 9.47. The molecule has 0 aromatic rings. The van der Waals surface area contributed by atoms with Gasteiger partial charge in [-0.25, -0.2) is 0 Å². The lowest BCUT2D eigenvalue weighted by molar-refractivity contribution is -0.127. The van der Waals surface area contributed by atoms with Crippen LogP contribution in [0.2, 0.25) is 0 Å². The van der Waals surface area contributed by atoms with Gasteiger partial charge >= 0.3 is 0 Å². The summed E-state index contributed by atoms with van der Waals surface area (Å²) in [5, 5.41) is 23.2. The number of ketones is 2. The number of carbonyl (C=O) groups is 2. The fourth-order valence-electron chi connectivity index (χ4n) is 6.26. The average molecular weight is 638 g/mol. The summed E-state index contributed by atoms with van der Waals surface area (Å²) >= 11 is 0. The second-order valence-electron chi connectivity index (χ2n) is 14.0. The number of hydrogen-bond acceptors (Lipinski definition) is 5. The summed E-state index contributed by atoms with van der Waals surface area (Å²) in [5.74, 6) is -0.286. The van der Waals surface area contributed by atoms with Gasteiger partial charge in [0.15, 0.2) is 11.6 Å². The minimum Gasteiger partial charge on any atom is -0.384 e. The Morgan fingerprint density at radius 3 is 0.800 bits per heavy atom. The predicted molar refractivity (Wildman–Crippen MR) is 194 cm³/mol. The molecule has 0 aromatic carbocycles. The van der Waals surface area contributed by atoms with Crippen molar-refractivity contribution in [3.05, 3.63) is 0 Å². The Morgan fingerprint density at radius 2 is 0.578 bits per heavy atom. The Labute approximate surface area is 280 Å². The number of aliphatic hydroxyl groups excluding tert-OH is 2. The highest BCUT2D eigenvalue weighted by Crippen LogP contribution is 2.15. The highest BCUT2D eigenvalue weighted by atomic mass is 16.3. The first kappa shape index (κ1) is 44.2. The van der Waals surface area contributed by atoms with Crippen LogP contribution >= 0.6 is 0 Å². The van der Waals surface area contributed by atoms with Gasteiger partial charge in [-0.2, -0.15) is 0 Å². The van der Waals surface area contributed by atoms with Crippen molar-refractivity contribution in [1.82, 2.24) is 5.32 Å². The van der Waals surface area contributed by atoms with Gasteiger partial charge < -0.3 is 15.5 Å². The normalized spacial score (nSPS) is 12.9. The number of Topliss-reactive ketones (excluding diaryl/α,β-unsaturated/α-hetero) is 2. The van der Waals surface area contributed by atoms with Crippen LogP contribution in [0.4, 0.5) is 0 Å². The molecule has 0 aliphatic heterocycles. The molecule has 0 amide bonds. The number of rotatable bonds is 38. The molecule has 0 radical (unpaired) electrons. The zero-order chi connectivity index (χ0) is 33.1. The van der Waals surface area contributed by atoms with Crippen LogP contribution in [0.1, 0.15) is 219 Å². The van der Waals surface area contributed by atoms with Gasteiger partial charge in [0.2, 0.25) is 0 Å². The molecule has 3 N–H and O–H groups in total. The number of nitrogens with one attached hydrogen (secondary N) is 1. The van der Waals surface area contributed by atoms with Crippen LogP contribution in [0.3, 0.4) is 0 Å². The number of hydrogen-bond donors (Lipinski definition) is 3. The number of aliphatic hydroxyl groups is 2. The summed E-state index contributed by atoms with van der Waals surface area (Å²) in [6.45, 7) is 4.73. The summed E-state index contributed by atoms with van der Waals surface area (Å²) in [6.07, 6.45) is 37.4. The number of unbranched alkanes of at least 4 members (excludes halogenated alkanes) is 28. The first-order valence-corrected chi connectivity index (χ1v) is 20.1. The Balaban J connectivity index is 3.49. The van der Waals surface area contributed by atoms with Gasteiger partial charge in [-0.15, -0.1) is 0 Å².